The summed E-state index contributed by atoms with van der Waals surface area (Å²) in [4.78, 5) is 15.2. The number of halogens is 3. The first-order chi connectivity index (χ1) is 12.3. The highest BCUT2D eigenvalue weighted by molar-refractivity contribution is 5.84. The third-order valence-electron chi connectivity index (χ3n) is 6.73. The van der Waals surface area contributed by atoms with Crippen molar-refractivity contribution in [2.75, 3.05) is 6.54 Å². The van der Waals surface area contributed by atoms with Crippen LogP contribution in [0.4, 0.5) is 13.2 Å². The Balaban J connectivity index is 1.58. The number of fused-ring (bicyclic) bond motifs is 1. The van der Waals surface area contributed by atoms with Crippen molar-refractivity contribution >= 4 is 5.91 Å². The highest BCUT2D eigenvalue weighted by atomic mass is 19.4. The molecule has 1 aromatic rings. The Morgan fingerprint density at radius 1 is 1.19 bits per heavy atom. The van der Waals surface area contributed by atoms with Crippen molar-refractivity contribution in [1.82, 2.24) is 4.90 Å². The second-order valence-electron chi connectivity index (χ2n) is 8.24. The van der Waals surface area contributed by atoms with Gasteiger partial charge in [0.05, 0.1) is 11.0 Å². The first-order valence-corrected chi connectivity index (χ1v) is 9.53. The summed E-state index contributed by atoms with van der Waals surface area (Å²) in [6.07, 6.45) is 1.98. The van der Waals surface area contributed by atoms with Gasteiger partial charge in [-0.05, 0) is 67.7 Å². The van der Waals surface area contributed by atoms with Crippen LogP contribution in [0.5, 0.6) is 0 Å². The molecule has 1 aromatic carbocycles. The van der Waals surface area contributed by atoms with Crippen LogP contribution < -0.4 is 5.73 Å². The monoisotopic (exact) mass is 366 g/mol. The van der Waals surface area contributed by atoms with Crippen molar-refractivity contribution in [3.05, 3.63) is 34.9 Å². The molecule has 1 amide bonds. The predicted molar refractivity (Wildman–Crippen MR) is 92.2 cm³/mol. The molecule has 4 rings (SSSR count). The summed E-state index contributed by atoms with van der Waals surface area (Å²) in [6, 6.07) is 3.98. The van der Waals surface area contributed by atoms with Gasteiger partial charge in [-0.3, -0.25) is 4.79 Å². The molecule has 1 heterocycles. The molecule has 0 bridgehead atoms. The Bertz CT molecular complexity index is 713. The lowest BCUT2D eigenvalue weighted by Crippen LogP contribution is -2.50. The van der Waals surface area contributed by atoms with Gasteiger partial charge >= 0.3 is 6.18 Å². The second-order valence-corrected chi connectivity index (χ2v) is 8.24. The molecule has 0 unspecified atom stereocenters. The fraction of sp³-hybridized carbons (Fsp3) is 0.650. The van der Waals surface area contributed by atoms with Crippen molar-refractivity contribution in [3.63, 3.8) is 0 Å². The lowest BCUT2D eigenvalue weighted by atomic mass is 9.63. The van der Waals surface area contributed by atoms with Gasteiger partial charge in [0, 0.05) is 19.1 Å². The average Bonchev–Trinajstić information content (AvgIpc) is 2.93. The molecule has 2 aliphatic carbocycles. The lowest BCUT2D eigenvalue weighted by Gasteiger charge is -2.45. The first-order valence-electron chi connectivity index (χ1n) is 9.53. The normalized spacial score (nSPS) is 29.4. The largest absolute Gasteiger partial charge is 0.416 e. The number of carbonyl (C=O) groups excluding carboxylic acids is 1. The molecule has 1 aliphatic heterocycles. The minimum absolute atomic E-state index is 0.0634. The van der Waals surface area contributed by atoms with Gasteiger partial charge in [0.1, 0.15) is 0 Å². The number of hydrogen-bond acceptors (Lipinski definition) is 2. The fourth-order valence-electron chi connectivity index (χ4n) is 5.04. The van der Waals surface area contributed by atoms with Crippen LogP contribution in [0.15, 0.2) is 18.2 Å². The second kappa shape index (κ2) is 6.25. The standard InChI is InChI=1S/C20H25F3N2O/c21-20(22,23)16-5-4-13-7-9-25(12-14(13)10-16)18(26)19(15-2-1-3-15)8-6-17(24)11-19/h4-5,10,15,17H,1-3,6-9,11-12,24H2/t17-,19+/m1/s1. The van der Waals surface area contributed by atoms with Crippen LogP contribution in [-0.4, -0.2) is 23.4 Å². The minimum Gasteiger partial charge on any atom is -0.338 e. The van der Waals surface area contributed by atoms with Crippen molar-refractivity contribution in [3.8, 4) is 0 Å². The van der Waals surface area contributed by atoms with E-state index in [2.05, 4.69) is 0 Å². The summed E-state index contributed by atoms with van der Waals surface area (Å²) in [5, 5.41) is 0. The van der Waals surface area contributed by atoms with Crippen LogP contribution in [0.1, 0.15) is 55.2 Å². The van der Waals surface area contributed by atoms with E-state index in [4.69, 9.17) is 5.73 Å². The number of alkyl halides is 3. The maximum atomic E-state index is 13.4. The summed E-state index contributed by atoms with van der Waals surface area (Å²) < 4.78 is 39.1. The number of carbonyl (C=O) groups is 1. The van der Waals surface area contributed by atoms with Crippen molar-refractivity contribution in [2.24, 2.45) is 17.1 Å². The summed E-state index contributed by atoms with van der Waals surface area (Å²) >= 11 is 0. The number of nitrogens with zero attached hydrogens (tertiary/aromatic N) is 1. The van der Waals surface area contributed by atoms with E-state index in [0.29, 0.717) is 24.4 Å². The lowest BCUT2D eigenvalue weighted by molar-refractivity contribution is -0.149. The van der Waals surface area contributed by atoms with E-state index in [9.17, 15) is 18.0 Å². The van der Waals surface area contributed by atoms with Crippen LogP contribution in [0.3, 0.4) is 0 Å². The SMILES string of the molecule is N[C@@H]1CC[C@@](C(=O)N2CCc3ccc(C(F)(F)F)cc3C2)(C2CCC2)C1. The Kier molecular flexibility index (Phi) is 4.29. The molecule has 3 aliphatic rings. The van der Waals surface area contributed by atoms with E-state index in [-0.39, 0.29) is 23.9 Å². The van der Waals surface area contributed by atoms with E-state index in [1.165, 1.54) is 6.07 Å². The van der Waals surface area contributed by atoms with Crippen LogP contribution in [0.25, 0.3) is 0 Å². The average molecular weight is 366 g/mol. The summed E-state index contributed by atoms with van der Waals surface area (Å²) in [5.74, 6) is 0.518. The first kappa shape index (κ1) is 17.8. The van der Waals surface area contributed by atoms with Gasteiger partial charge in [0.15, 0.2) is 0 Å². The van der Waals surface area contributed by atoms with Gasteiger partial charge in [-0.2, -0.15) is 13.2 Å². The fourth-order valence-corrected chi connectivity index (χ4v) is 5.04. The van der Waals surface area contributed by atoms with Gasteiger partial charge in [-0.25, -0.2) is 0 Å². The molecule has 0 spiro atoms. The Labute approximate surface area is 151 Å². The van der Waals surface area contributed by atoms with Gasteiger partial charge in [-0.15, -0.1) is 0 Å². The van der Waals surface area contributed by atoms with Gasteiger partial charge < -0.3 is 10.6 Å². The van der Waals surface area contributed by atoms with Crippen molar-refractivity contribution in [2.45, 2.75) is 63.7 Å². The predicted octanol–water partition coefficient (Wildman–Crippen LogP) is 3.89. The number of benzene rings is 1. The third kappa shape index (κ3) is 2.92. The van der Waals surface area contributed by atoms with Crippen LogP contribution in [-0.2, 0) is 23.9 Å². The maximum absolute atomic E-state index is 13.4. The Morgan fingerprint density at radius 3 is 2.54 bits per heavy atom. The number of nitrogens with two attached hydrogens (primary N) is 1. The molecule has 2 atom stereocenters. The van der Waals surface area contributed by atoms with Crippen LogP contribution in [0.2, 0.25) is 0 Å². The van der Waals surface area contributed by atoms with Crippen molar-refractivity contribution < 1.29 is 18.0 Å². The smallest absolute Gasteiger partial charge is 0.338 e. The number of hydrogen-bond donors (Lipinski definition) is 1. The van der Waals surface area contributed by atoms with E-state index in [1.807, 2.05) is 0 Å². The molecule has 2 saturated carbocycles. The molecule has 2 N–H and O–H groups in total. The molecule has 3 nitrogen and oxygen atoms in total. The quantitative estimate of drug-likeness (QED) is 0.863. The molecule has 26 heavy (non-hydrogen) atoms. The van der Waals surface area contributed by atoms with Gasteiger partial charge in [-0.1, -0.05) is 12.5 Å². The van der Waals surface area contributed by atoms with Crippen LogP contribution in [0, 0.1) is 11.3 Å². The van der Waals surface area contributed by atoms with Crippen LogP contribution >= 0.6 is 0 Å². The molecule has 0 saturated heterocycles. The Hall–Kier alpha value is -1.56. The molecule has 6 heteroatoms. The van der Waals surface area contributed by atoms with Crippen molar-refractivity contribution in [1.29, 1.82) is 0 Å². The number of amides is 1. The zero-order valence-corrected chi connectivity index (χ0v) is 14.8. The summed E-state index contributed by atoms with van der Waals surface area (Å²) in [6.45, 7) is 0.864. The zero-order valence-electron chi connectivity index (χ0n) is 14.8. The molecule has 0 aromatic heterocycles. The highest BCUT2D eigenvalue weighted by Gasteiger charge is 2.53. The molecule has 142 valence electrons. The number of rotatable bonds is 2. The minimum atomic E-state index is -4.35. The molecular formula is C20H25F3N2O. The molecular weight excluding hydrogens is 341 g/mol. The van der Waals surface area contributed by atoms with E-state index >= 15 is 0 Å². The van der Waals surface area contributed by atoms with Gasteiger partial charge in [0.25, 0.3) is 0 Å². The van der Waals surface area contributed by atoms with E-state index < -0.39 is 11.7 Å². The Morgan fingerprint density at radius 2 is 1.96 bits per heavy atom. The summed E-state index contributed by atoms with van der Waals surface area (Å²) in [5.41, 5.74) is 6.68. The molecule has 0 radical (unpaired) electrons. The molecule has 2 fully saturated rings. The zero-order chi connectivity index (χ0) is 18.5. The summed E-state index contributed by atoms with van der Waals surface area (Å²) in [7, 11) is 0. The van der Waals surface area contributed by atoms with E-state index in [1.54, 1.807) is 11.0 Å². The third-order valence-corrected chi connectivity index (χ3v) is 6.73. The van der Waals surface area contributed by atoms with Gasteiger partial charge in [0.2, 0.25) is 5.91 Å². The topological polar surface area (TPSA) is 46.3 Å². The highest BCUT2D eigenvalue weighted by Crippen LogP contribution is 2.53. The maximum Gasteiger partial charge on any atom is 0.416 e. The van der Waals surface area contributed by atoms with E-state index in [0.717, 1.165) is 50.2 Å².